The average Bonchev–Trinajstić information content (AvgIpc) is 2.59. The molecule has 1 aliphatic rings. The van der Waals surface area contributed by atoms with Crippen LogP contribution in [0.1, 0.15) is 23.3 Å². The van der Waals surface area contributed by atoms with Crippen LogP contribution in [0, 0.1) is 5.82 Å². The van der Waals surface area contributed by atoms with E-state index in [1.807, 2.05) is 0 Å². The number of hydrogen-bond acceptors (Lipinski definition) is 4. The molecule has 1 atom stereocenters. The zero-order valence-electron chi connectivity index (χ0n) is 13.2. The van der Waals surface area contributed by atoms with Gasteiger partial charge in [-0.15, -0.1) is 0 Å². The Bertz CT molecular complexity index is 890. The maximum absolute atomic E-state index is 13.4. The number of anilines is 1. The smallest absolute Gasteiger partial charge is 0.264 e. The third kappa shape index (κ3) is 2.68. The summed E-state index contributed by atoms with van der Waals surface area (Å²) in [6.45, 7) is 1.47. The van der Waals surface area contributed by atoms with Crippen LogP contribution in [0.15, 0.2) is 41.3 Å². The number of fused-ring (bicyclic) bond motifs is 1. The van der Waals surface area contributed by atoms with Crippen molar-refractivity contribution < 1.29 is 18.7 Å². The molecule has 6 nitrogen and oxygen atoms in total. The third-order valence-corrected chi connectivity index (χ3v) is 4.03. The molecule has 24 heavy (non-hydrogen) atoms. The monoisotopic (exact) mass is 330 g/mol. The zero-order chi connectivity index (χ0) is 17.4. The molecule has 1 amide bonds. The van der Waals surface area contributed by atoms with Crippen molar-refractivity contribution in [1.29, 1.82) is 0 Å². The number of benzene rings is 1. The molecule has 0 N–H and O–H groups in total. The molecule has 0 radical (unpaired) electrons. The van der Waals surface area contributed by atoms with Crippen LogP contribution in [0.25, 0.3) is 0 Å². The lowest BCUT2D eigenvalue weighted by Gasteiger charge is -2.26. The maximum atomic E-state index is 13.4. The molecule has 1 aromatic heterocycles. The first-order chi connectivity index (χ1) is 11.4. The Balaban J connectivity index is 1.97. The second-order valence-electron chi connectivity index (χ2n) is 5.56. The van der Waals surface area contributed by atoms with Gasteiger partial charge < -0.3 is 14.2 Å². The topological polar surface area (TPSA) is 68.6 Å². The van der Waals surface area contributed by atoms with Gasteiger partial charge in [0.25, 0.3) is 11.5 Å². The minimum atomic E-state index is -0.878. The standard InChI is InChI=1S/C17H15FN2O4/c1-10(20-8-12(18)4-6-15(20)21)17(23)11-3-5-14-13(7-11)19(2)16(22)9-24-14/h3-8,10H,9H2,1-2H3. The van der Waals surface area contributed by atoms with Crippen LogP contribution in [-0.4, -0.2) is 29.9 Å². The Morgan fingerprint density at radius 3 is 2.75 bits per heavy atom. The van der Waals surface area contributed by atoms with E-state index in [4.69, 9.17) is 4.74 Å². The van der Waals surface area contributed by atoms with Crippen molar-refractivity contribution >= 4 is 17.4 Å². The zero-order valence-corrected chi connectivity index (χ0v) is 13.2. The fourth-order valence-corrected chi connectivity index (χ4v) is 2.57. The highest BCUT2D eigenvalue weighted by atomic mass is 19.1. The van der Waals surface area contributed by atoms with E-state index in [0.29, 0.717) is 17.0 Å². The Hall–Kier alpha value is -2.96. The SMILES string of the molecule is CC(C(=O)c1ccc2c(c1)N(C)C(=O)CO2)n1cc(F)ccc1=O. The van der Waals surface area contributed by atoms with Gasteiger partial charge in [0, 0.05) is 24.9 Å². The summed E-state index contributed by atoms with van der Waals surface area (Å²) in [5.41, 5.74) is 0.323. The number of hydrogen-bond donors (Lipinski definition) is 0. The first-order valence-electron chi connectivity index (χ1n) is 7.34. The van der Waals surface area contributed by atoms with Gasteiger partial charge in [-0.05, 0) is 31.2 Å². The summed E-state index contributed by atoms with van der Waals surface area (Å²) in [5.74, 6) is -0.680. The average molecular weight is 330 g/mol. The van der Waals surface area contributed by atoms with Crippen LogP contribution in [0.5, 0.6) is 5.75 Å². The molecule has 7 heteroatoms. The van der Waals surface area contributed by atoms with Gasteiger partial charge in [0.1, 0.15) is 11.6 Å². The molecule has 2 heterocycles. The molecule has 124 valence electrons. The molecule has 1 aromatic carbocycles. The number of pyridine rings is 1. The molecular formula is C17H15FN2O4. The van der Waals surface area contributed by atoms with Crippen molar-refractivity contribution in [3.8, 4) is 5.75 Å². The van der Waals surface area contributed by atoms with E-state index in [9.17, 15) is 18.8 Å². The van der Waals surface area contributed by atoms with Crippen LogP contribution in [0.3, 0.4) is 0 Å². The second kappa shape index (κ2) is 5.92. The third-order valence-electron chi connectivity index (χ3n) is 4.03. The molecule has 2 aromatic rings. The van der Waals surface area contributed by atoms with Crippen LogP contribution in [-0.2, 0) is 4.79 Å². The quantitative estimate of drug-likeness (QED) is 0.805. The van der Waals surface area contributed by atoms with Gasteiger partial charge in [0.2, 0.25) is 0 Å². The lowest BCUT2D eigenvalue weighted by atomic mass is 10.0. The summed E-state index contributed by atoms with van der Waals surface area (Å²) >= 11 is 0. The fraction of sp³-hybridized carbons (Fsp3) is 0.235. The maximum Gasteiger partial charge on any atom is 0.264 e. The first kappa shape index (κ1) is 15.9. The number of likely N-dealkylation sites (N-methyl/N-ethyl adjacent to an activating group) is 1. The van der Waals surface area contributed by atoms with E-state index >= 15 is 0 Å². The lowest BCUT2D eigenvalue weighted by molar-refractivity contribution is -0.120. The summed E-state index contributed by atoms with van der Waals surface area (Å²) in [6.07, 6.45) is 1.00. The van der Waals surface area contributed by atoms with E-state index in [-0.39, 0.29) is 18.3 Å². The predicted molar refractivity (Wildman–Crippen MR) is 85.0 cm³/mol. The molecule has 0 saturated carbocycles. The number of Topliss-reactive ketones (excluding diaryl/α,β-unsaturated/α-hetero) is 1. The number of carbonyl (C=O) groups excluding carboxylic acids is 2. The molecule has 0 aliphatic carbocycles. The summed E-state index contributed by atoms with van der Waals surface area (Å²) < 4.78 is 19.7. The molecule has 3 rings (SSSR count). The number of ether oxygens (including phenoxy) is 1. The number of amides is 1. The van der Waals surface area contributed by atoms with Crippen molar-refractivity contribution in [2.45, 2.75) is 13.0 Å². The minimum Gasteiger partial charge on any atom is -0.482 e. The Morgan fingerprint density at radius 1 is 1.25 bits per heavy atom. The summed E-state index contributed by atoms with van der Waals surface area (Å²) in [5, 5.41) is 0. The van der Waals surface area contributed by atoms with Crippen LogP contribution in [0.2, 0.25) is 0 Å². The highest BCUT2D eigenvalue weighted by Gasteiger charge is 2.25. The molecule has 1 unspecified atom stereocenters. The Kier molecular flexibility index (Phi) is 3.92. The lowest BCUT2D eigenvalue weighted by Crippen LogP contribution is -2.35. The summed E-state index contributed by atoms with van der Waals surface area (Å²) in [4.78, 5) is 37.6. The number of halogens is 1. The fourth-order valence-electron chi connectivity index (χ4n) is 2.57. The van der Waals surface area contributed by atoms with Crippen molar-refractivity contribution in [2.75, 3.05) is 18.6 Å². The number of carbonyl (C=O) groups is 2. The van der Waals surface area contributed by atoms with E-state index in [2.05, 4.69) is 0 Å². The number of ketones is 1. The number of rotatable bonds is 3. The van der Waals surface area contributed by atoms with Crippen LogP contribution >= 0.6 is 0 Å². The van der Waals surface area contributed by atoms with Crippen molar-refractivity contribution in [2.24, 2.45) is 0 Å². The normalized spacial score (nSPS) is 14.8. The van der Waals surface area contributed by atoms with Gasteiger partial charge in [0.05, 0.1) is 11.7 Å². The van der Waals surface area contributed by atoms with Crippen LogP contribution < -0.4 is 15.2 Å². The molecular weight excluding hydrogens is 315 g/mol. The highest BCUT2D eigenvalue weighted by Crippen LogP contribution is 2.32. The van der Waals surface area contributed by atoms with Crippen molar-refractivity contribution in [3.05, 3.63) is 58.3 Å². The summed E-state index contributed by atoms with van der Waals surface area (Å²) in [7, 11) is 1.60. The van der Waals surface area contributed by atoms with Gasteiger partial charge in [-0.3, -0.25) is 14.4 Å². The number of aromatic nitrogens is 1. The van der Waals surface area contributed by atoms with Gasteiger partial charge in [-0.1, -0.05) is 0 Å². The molecule has 1 aliphatic heterocycles. The van der Waals surface area contributed by atoms with Gasteiger partial charge in [0.15, 0.2) is 12.4 Å². The largest absolute Gasteiger partial charge is 0.482 e. The van der Waals surface area contributed by atoms with Crippen molar-refractivity contribution in [1.82, 2.24) is 4.57 Å². The van der Waals surface area contributed by atoms with E-state index in [1.165, 1.54) is 17.9 Å². The van der Waals surface area contributed by atoms with Gasteiger partial charge >= 0.3 is 0 Å². The first-order valence-corrected chi connectivity index (χ1v) is 7.34. The molecule has 0 bridgehead atoms. The van der Waals surface area contributed by atoms with Gasteiger partial charge in [-0.25, -0.2) is 4.39 Å². The van der Waals surface area contributed by atoms with Gasteiger partial charge in [-0.2, -0.15) is 0 Å². The molecule has 0 saturated heterocycles. The second-order valence-corrected chi connectivity index (χ2v) is 5.56. The Morgan fingerprint density at radius 2 is 2.00 bits per heavy atom. The van der Waals surface area contributed by atoms with Crippen LogP contribution in [0.4, 0.5) is 10.1 Å². The van der Waals surface area contributed by atoms with E-state index in [1.54, 1.807) is 19.2 Å². The van der Waals surface area contributed by atoms with E-state index in [0.717, 1.165) is 22.9 Å². The minimum absolute atomic E-state index is 0.0497. The molecule has 0 spiro atoms. The van der Waals surface area contributed by atoms with E-state index < -0.39 is 17.4 Å². The highest BCUT2D eigenvalue weighted by molar-refractivity contribution is 6.03. The Labute approximate surface area is 137 Å². The van der Waals surface area contributed by atoms with Crippen molar-refractivity contribution in [3.63, 3.8) is 0 Å². The predicted octanol–water partition coefficient (Wildman–Crippen LogP) is 1.79. The summed E-state index contributed by atoms with van der Waals surface area (Å²) in [6, 6.07) is 5.95. The number of nitrogens with zero attached hydrogens (tertiary/aromatic N) is 2. The molecule has 0 fully saturated rings.